The van der Waals surface area contributed by atoms with Gasteiger partial charge in [-0.15, -0.1) is 0 Å². The summed E-state index contributed by atoms with van der Waals surface area (Å²) >= 11 is 16.6. The predicted molar refractivity (Wildman–Crippen MR) is 143 cm³/mol. The zero-order valence-corrected chi connectivity index (χ0v) is 21.8. The van der Waals surface area contributed by atoms with Crippen molar-refractivity contribution in [2.24, 2.45) is 0 Å². The van der Waals surface area contributed by atoms with E-state index in [1.165, 1.54) is 11.8 Å². The molecule has 1 saturated heterocycles. The van der Waals surface area contributed by atoms with Gasteiger partial charge in [-0.25, -0.2) is 0 Å². The molecule has 1 fully saturated rings. The second-order valence-electron chi connectivity index (χ2n) is 7.22. The zero-order chi connectivity index (χ0) is 23.5. The van der Waals surface area contributed by atoms with Crippen LogP contribution in [0.1, 0.15) is 16.7 Å². The largest absolute Gasteiger partial charge is 0.493 e. The molecule has 1 heterocycles. The molecule has 0 radical (unpaired) electrons. The highest BCUT2D eigenvalue weighted by atomic mass is 79.9. The normalized spacial score (nSPS) is 14.8. The third kappa shape index (κ3) is 5.11. The molecule has 0 spiro atoms. The molecule has 3 aromatic rings. The molecular formula is C25H19BrClNO3S2. The second-order valence-corrected chi connectivity index (χ2v) is 10.2. The first-order valence-electron chi connectivity index (χ1n) is 9.96. The first kappa shape index (κ1) is 23.8. The van der Waals surface area contributed by atoms with Crippen LogP contribution in [0.2, 0.25) is 5.02 Å². The molecule has 4 nitrogen and oxygen atoms in total. The molecule has 0 unspecified atom stereocenters. The lowest BCUT2D eigenvalue weighted by Gasteiger charge is -2.16. The van der Waals surface area contributed by atoms with Crippen molar-refractivity contribution in [1.29, 1.82) is 0 Å². The van der Waals surface area contributed by atoms with Gasteiger partial charge in [0.25, 0.3) is 5.91 Å². The molecule has 4 rings (SSSR count). The average molecular weight is 561 g/mol. The molecule has 0 atom stereocenters. The van der Waals surface area contributed by atoms with Gasteiger partial charge < -0.3 is 9.47 Å². The average Bonchev–Trinajstić information content (AvgIpc) is 3.06. The van der Waals surface area contributed by atoms with Gasteiger partial charge in [0.05, 0.1) is 22.2 Å². The van der Waals surface area contributed by atoms with Crippen molar-refractivity contribution < 1.29 is 14.3 Å². The van der Waals surface area contributed by atoms with Crippen LogP contribution in [0.25, 0.3) is 6.08 Å². The van der Waals surface area contributed by atoms with Crippen molar-refractivity contribution in [3.63, 3.8) is 0 Å². The van der Waals surface area contributed by atoms with E-state index < -0.39 is 0 Å². The third-order valence-corrected chi connectivity index (χ3v) is 7.29. The van der Waals surface area contributed by atoms with Gasteiger partial charge >= 0.3 is 0 Å². The zero-order valence-electron chi connectivity index (χ0n) is 17.8. The number of carbonyl (C=O) groups excluding carboxylic acids is 1. The number of thioether (sulfide) groups is 1. The minimum Gasteiger partial charge on any atom is -0.493 e. The number of hydrogen-bond acceptors (Lipinski definition) is 5. The van der Waals surface area contributed by atoms with Crippen LogP contribution in [0.15, 0.2) is 70.0 Å². The number of rotatable bonds is 6. The minimum absolute atomic E-state index is 0.145. The van der Waals surface area contributed by atoms with Crippen molar-refractivity contribution in [3.05, 3.63) is 91.8 Å². The van der Waals surface area contributed by atoms with Crippen molar-refractivity contribution in [2.45, 2.75) is 13.5 Å². The molecular weight excluding hydrogens is 542 g/mol. The van der Waals surface area contributed by atoms with E-state index in [0.717, 1.165) is 22.4 Å². The fourth-order valence-electron chi connectivity index (χ4n) is 3.37. The number of halogens is 2. The van der Waals surface area contributed by atoms with Gasteiger partial charge in [0.2, 0.25) is 0 Å². The number of methoxy groups -OCH3 is 1. The predicted octanol–water partition coefficient (Wildman–Crippen LogP) is 7.40. The van der Waals surface area contributed by atoms with E-state index in [4.69, 9.17) is 33.3 Å². The molecule has 0 N–H and O–H groups in total. The monoisotopic (exact) mass is 559 g/mol. The number of para-hydroxylation sites is 1. The van der Waals surface area contributed by atoms with E-state index in [2.05, 4.69) is 15.9 Å². The van der Waals surface area contributed by atoms with Gasteiger partial charge in [-0.1, -0.05) is 72.0 Å². The summed E-state index contributed by atoms with van der Waals surface area (Å²) < 4.78 is 12.8. The van der Waals surface area contributed by atoms with Crippen molar-refractivity contribution in [1.82, 2.24) is 0 Å². The Bertz CT molecular complexity index is 1280. The summed E-state index contributed by atoms with van der Waals surface area (Å²) in [7, 11) is 1.57. The Morgan fingerprint density at radius 1 is 1.15 bits per heavy atom. The van der Waals surface area contributed by atoms with E-state index in [0.29, 0.717) is 36.8 Å². The Balaban J connectivity index is 1.60. The number of anilines is 1. The smallest absolute Gasteiger partial charge is 0.270 e. The van der Waals surface area contributed by atoms with Gasteiger partial charge in [0.15, 0.2) is 15.8 Å². The van der Waals surface area contributed by atoms with Gasteiger partial charge in [-0.05, 0) is 64.3 Å². The highest BCUT2D eigenvalue weighted by Gasteiger charge is 2.34. The maximum absolute atomic E-state index is 13.1. The molecule has 1 aliphatic rings. The van der Waals surface area contributed by atoms with Gasteiger partial charge in [-0.2, -0.15) is 0 Å². The van der Waals surface area contributed by atoms with Crippen LogP contribution < -0.4 is 14.4 Å². The summed E-state index contributed by atoms with van der Waals surface area (Å²) in [6.45, 7) is 2.25. The fourth-order valence-corrected chi connectivity index (χ4v) is 5.42. The first-order chi connectivity index (χ1) is 15.9. The molecule has 168 valence electrons. The molecule has 1 aliphatic heterocycles. The Morgan fingerprint density at radius 3 is 2.61 bits per heavy atom. The molecule has 0 saturated carbocycles. The Hall–Kier alpha value is -2.32. The minimum atomic E-state index is -0.145. The van der Waals surface area contributed by atoms with Crippen LogP contribution in [-0.2, 0) is 11.4 Å². The van der Waals surface area contributed by atoms with Crippen LogP contribution in [0, 0.1) is 6.92 Å². The molecule has 33 heavy (non-hydrogen) atoms. The Morgan fingerprint density at radius 2 is 1.88 bits per heavy atom. The molecule has 0 aromatic heterocycles. The summed E-state index contributed by atoms with van der Waals surface area (Å²) in [6.07, 6.45) is 1.81. The van der Waals surface area contributed by atoms with E-state index in [9.17, 15) is 4.79 Å². The maximum Gasteiger partial charge on any atom is 0.270 e. The summed E-state index contributed by atoms with van der Waals surface area (Å²) in [5.41, 5.74) is 3.44. The van der Waals surface area contributed by atoms with Crippen LogP contribution in [0.4, 0.5) is 5.69 Å². The molecule has 1 amide bonds. The van der Waals surface area contributed by atoms with Crippen molar-refractivity contribution in [2.75, 3.05) is 12.0 Å². The van der Waals surface area contributed by atoms with Crippen LogP contribution >= 0.6 is 51.5 Å². The van der Waals surface area contributed by atoms with E-state index >= 15 is 0 Å². The number of amides is 1. The summed E-state index contributed by atoms with van der Waals surface area (Å²) in [6, 6.07) is 18.9. The van der Waals surface area contributed by atoms with Crippen molar-refractivity contribution in [3.8, 4) is 11.5 Å². The maximum atomic E-state index is 13.1. The third-order valence-electron chi connectivity index (χ3n) is 5.03. The lowest BCUT2D eigenvalue weighted by atomic mass is 10.1. The highest BCUT2D eigenvalue weighted by Crippen LogP contribution is 2.41. The van der Waals surface area contributed by atoms with Gasteiger partial charge in [0, 0.05) is 10.6 Å². The van der Waals surface area contributed by atoms with E-state index in [1.54, 1.807) is 12.0 Å². The standard InChI is InChI=1S/C25H19BrClNO3S2/c1-15-7-3-6-10-20(15)28-24(29)22(33-25(28)32)13-16-11-18(26)23(21(12-16)30-2)31-14-17-8-4-5-9-19(17)27/h3-13H,14H2,1-2H3/b22-13+. The lowest BCUT2D eigenvalue weighted by Crippen LogP contribution is -2.28. The Labute approximate surface area is 215 Å². The number of ether oxygens (including phenoxy) is 2. The quantitative estimate of drug-likeness (QED) is 0.232. The number of aryl methyl sites for hydroxylation is 1. The van der Waals surface area contributed by atoms with Crippen LogP contribution in [0.5, 0.6) is 11.5 Å². The number of nitrogens with zero attached hydrogens (tertiary/aromatic N) is 1. The second kappa shape index (κ2) is 10.3. The fraction of sp³-hybridized carbons (Fsp3) is 0.120. The highest BCUT2D eigenvalue weighted by molar-refractivity contribution is 9.10. The summed E-state index contributed by atoms with van der Waals surface area (Å²) in [5, 5.41) is 0.639. The first-order valence-corrected chi connectivity index (χ1v) is 12.4. The molecule has 8 heteroatoms. The van der Waals surface area contributed by atoms with E-state index in [1.807, 2.05) is 73.7 Å². The molecule has 3 aromatic carbocycles. The summed E-state index contributed by atoms with van der Waals surface area (Å²) in [5.74, 6) is 0.951. The number of hydrogen-bond donors (Lipinski definition) is 0. The summed E-state index contributed by atoms with van der Waals surface area (Å²) in [4.78, 5) is 15.3. The number of thiocarbonyl (C=S) groups is 1. The SMILES string of the molecule is COc1cc(/C=C2/SC(=S)N(c3ccccc3C)C2=O)cc(Br)c1OCc1ccccc1Cl. The topological polar surface area (TPSA) is 38.8 Å². The van der Waals surface area contributed by atoms with Crippen LogP contribution in [0.3, 0.4) is 0 Å². The number of carbonyl (C=O) groups is 1. The molecule has 0 aliphatic carbocycles. The van der Waals surface area contributed by atoms with Crippen LogP contribution in [-0.4, -0.2) is 17.3 Å². The Kier molecular flexibility index (Phi) is 7.44. The van der Waals surface area contributed by atoms with Gasteiger partial charge in [0.1, 0.15) is 6.61 Å². The van der Waals surface area contributed by atoms with E-state index in [-0.39, 0.29) is 5.91 Å². The molecule has 0 bridgehead atoms. The van der Waals surface area contributed by atoms with Crippen molar-refractivity contribution >= 4 is 73.5 Å². The van der Waals surface area contributed by atoms with Gasteiger partial charge in [-0.3, -0.25) is 9.69 Å². The lowest BCUT2D eigenvalue weighted by molar-refractivity contribution is -0.113. The number of benzene rings is 3.